The van der Waals surface area contributed by atoms with E-state index in [4.69, 9.17) is 4.52 Å². The van der Waals surface area contributed by atoms with E-state index in [1.54, 1.807) is 6.92 Å². The van der Waals surface area contributed by atoms with Crippen LogP contribution in [-0.4, -0.2) is 41.5 Å². The van der Waals surface area contributed by atoms with Gasteiger partial charge in [0.1, 0.15) is 17.3 Å². The van der Waals surface area contributed by atoms with Crippen molar-refractivity contribution in [1.82, 2.24) is 9.72 Å². The molecule has 0 unspecified atom stereocenters. The van der Waals surface area contributed by atoms with Gasteiger partial charge in [0, 0.05) is 12.6 Å². The van der Waals surface area contributed by atoms with Crippen LogP contribution in [-0.2, 0) is 26.0 Å². The summed E-state index contributed by atoms with van der Waals surface area (Å²) in [5.74, 6) is -2.73. The smallest absolute Gasteiger partial charge is 0.263 e. The van der Waals surface area contributed by atoms with Gasteiger partial charge in [0.15, 0.2) is 20.5 Å². The molecular formula is C17H18N4O5S2. The van der Waals surface area contributed by atoms with Gasteiger partial charge in [-0.3, -0.25) is 9.59 Å². The number of nitrogens with zero attached hydrogens (tertiary/aromatic N) is 3. The summed E-state index contributed by atoms with van der Waals surface area (Å²) in [5.41, 5.74) is 0.923. The van der Waals surface area contributed by atoms with Crippen LogP contribution in [0, 0.1) is 6.92 Å². The van der Waals surface area contributed by atoms with E-state index in [-0.39, 0.29) is 5.82 Å². The van der Waals surface area contributed by atoms with Gasteiger partial charge >= 0.3 is 0 Å². The summed E-state index contributed by atoms with van der Waals surface area (Å²) in [4.78, 5) is 28.5. The molecule has 0 fully saturated rings. The first-order valence-electron chi connectivity index (χ1n) is 8.37. The molecule has 9 nitrogen and oxygen atoms in total. The number of amides is 2. The lowest BCUT2D eigenvalue weighted by Crippen LogP contribution is -2.28. The molecule has 28 heavy (non-hydrogen) atoms. The van der Waals surface area contributed by atoms with Gasteiger partial charge in [-0.2, -0.15) is 4.99 Å². The maximum atomic E-state index is 12.2. The molecule has 0 saturated heterocycles. The average Bonchev–Trinajstić information content (AvgIpc) is 3.15. The third kappa shape index (κ3) is 4.73. The van der Waals surface area contributed by atoms with Crippen molar-refractivity contribution in [2.45, 2.75) is 20.4 Å². The molecule has 0 bridgehead atoms. The molecular weight excluding hydrogens is 404 g/mol. The molecule has 2 aromatic heterocycles. The van der Waals surface area contributed by atoms with Crippen LogP contribution in [0.15, 0.2) is 39.8 Å². The van der Waals surface area contributed by atoms with Crippen molar-refractivity contribution in [3.8, 4) is 0 Å². The van der Waals surface area contributed by atoms with Crippen LogP contribution in [0.1, 0.15) is 12.7 Å². The first kappa shape index (κ1) is 20.0. The number of aryl methyl sites for hydroxylation is 2. The number of benzene rings is 1. The normalized spacial score (nSPS) is 12.4. The van der Waals surface area contributed by atoms with Crippen molar-refractivity contribution in [2.75, 3.05) is 16.8 Å². The Kier molecular flexibility index (Phi) is 5.75. The lowest BCUT2D eigenvalue weighted by atomic mass is 10.3. The van der Waals surface area contributed by atoms with Crippen LogP contribution in [0.2, 0.25) is 0 Å². The van der Waals surface area contributed by atoms with Gasteiger partial charge in [0.2, 0.25) is 5.91 Å². The number of carbonyl (C=O) groups is 2. The fraction of sp³-hybridized carbons (Fsp3) is 0.294. The number of rotatable bonds is 6. The van der Waals surface area contributed by atoms with Crippen molar-refractivity contribution in [3.63, 3.8) is 0 Å². The number of sulfone groups is 1. The quantitative estimate of drug-likeness (QED) is 0.642. The molecule has 3 rings (SSSR count). The summed E-state index contributed by atoms with van der Waals surface area (Å²) in [5, 5.41) is 5.86. The van der Waals surface area contributed by atoms with E-state index in [0.29, 0.717) is 17.1 Å². The van der Waals surface area contributed by atoms with Crippen molar-refractivity contribution in [2.24, 2.45) is 4.99 Å². The minimum Gasteiger partial charge on any atom is -0.360 e. The third-order valence-electron chi connectivity index (χ3n) is 3.71. The van der Waals surface area contributed by atoms with Crippen molar-refractivity contribution < 1.29 is 22.5 Å². The molecule has 0 aliphatic rings. The second-order valence-electron chi connectivity index (χ2n) is 6.01. The predicted molar refractivity (Wildman–Crippen MR) is 105 cm³/mol. The molecule has 0 aliphatic carbocycles. The molecule has 0 spiro atoms. The van der Waals surface area contributed by atoms with E-state index < -0.39 is 33.2 Å². The van der Waals surface area contributed by atoms with Crippen LogP contribution in [0.25, 0.3) is 10.2 Å². The minimum absolute atomic E-state index is 0.114. The minimum atomic E-state index is -3.98. The molecule has 11 heteroatoms. The average molecular weight is 422 g/mol. The molecule has 0 saturated carbocycles. The van der Waals surface area contributed by atoms with Crippen molar-refractivity contribution in [1.29, 1.82) is 0 Å². The first-order chi connectivity index (χ1) is 13.3. The summed E-state index contributed by atoms with van der Waals surface area (Å²) in [6, 6.07) is 9.03. The molecule has 3 aromatic rings. The molecule has 1 aromatic carbocycles. The van der Waals surface area contributed by atoms with E-state index in [9.17, 15) is 18.0 Å². The van der Waals surface area contributed by atoms with E-state index in [1.165, 1.54) is 17.4 Å². The van der Waals surface area contributed by atoms with Crippen LogP contribution >= 0.6 is 11.3 Å². The number of hydrogen-bond donors (Lipinski definition) is 1. The second kappa shape index (κ2) is 8.07. The van der Waals surface area contributed by atoms with E-state index in [1.807, 2.05) is 35.8 Å². The Morgan fingerprint density at radius 3 is 2.71 bits per heavy atom. The van der Waals surface area contributed by atoms with Gasteiger partial charge in [0.25, 0.3) is 5.91 Å². The number of para-hydroxylation sites is 1. The Morgan fingerprint density at radius 1 is 1.29 bits per heavy atom. The fourth-order valence-corrected chi connectivity index (χ4v) is 4.72. The number of anilines is 1. The van der Waals surface area contributed by atoms with Crippen LogP contribution in [0.5, 0.6) is 0 Å². The van der Waals surface area contributed by atoms with E-state index in [2.05, 4.69) is 15.5 Å². The topological polar surface area (TPSA) is 124 Å². The maximum Gasteiger partial charge on any atom is 0.263 e. The highest BCUT2D eigenvalue weighted by atomic mass is 32.2. The fourth-order valence-electron chi connectivity index (χ4n) is 2.59. The van der Waals surface area contributed by atoms with Gasteiger partial charge in [-0.15, -0.1) is 0 Å². The van der Waals surface area contributed by atoms with Gasteiger partial charge < -0.3 is 14.4 Å². The van der Waals surface area contributed by atoms with E-state index >= 15 is 0 Å². The summed E-state index contributed by atoms with van der Waals surface area (Å²) in [6.45, 7) is 4.13. The number of aromatic nitrogens is 2. The van der Waals surface area contributed by atoms with Crippen molar-refractivity contribution in [3.05, 3.63) is 40.9 Å². The molecule has 0 atom stereocenters. The SMILES string of the molecule is CCn1c(=NC(=O)CS(=O)(=O)CC(=O)Nc2cc(C)on2)sc2ccccc21. The summed E-state index contributed by atoms with van der Waals surface area (Å²) >= 11 is 1.30. The Bertz CT molecular complexity index is 1200. The largest absolute Gasteiger partial charge is 0.360 e. The highest BCUT2D eigenvalue weighted by molar-refractivity contribution is 7.92. The Morgan fingerprint density at radius 2 is 2.04 bits per heavy atom. The lowest BCUT2D eigenvalue weighted by Gasteiger charge is -2.02. The molecule has 2 heterocycles. The number of nitrogens with one attached hydrogen (secondary N) is 1. The molecule has 2 amide bonds. The van der Waals surface area contributed by atoms with Crippen molar-refractivity contribution >= 4 is 49.0 Å². The predicted octanol–water partition coefficient (Wildman–Crippen LogP) is 1.50. The van der Waals surface area contributed by atoms with Gasteiger partial charge in [-0.1, -0.05) is 28.6 Å². The number of carbonyl (C=O) groups excluding carboxylic acids is 2. The summed E-state index contributed by atoms with van der Waals surface area (Å²) in [6.07, 6.45) is 0. The van der Waals surface area contributed by atoms with Gasteiger partial charge in [-0.05, 0) is 26.0 Å². The number of thiazole rings is 1. The molecule has 0 radical (unpaired) electrons. The van der Waals surface area contributed by atoms with E-state index in [0.717, 1.165) is 10.2 Å². The zero-order chi connectivity index (χ0) is 20.3. The second-order valence-corrected chi connectivity index (χ2v) is 9.08. The monoisotopic (exact) mass is 422 g/mol. The highest BCUT2D eigenvalue weighted by Crippen LogP contribution is 2.16. The van der Waals surface area contributed by atoms with Crippen LogP contribution in [0.4, 0.5) is 5.82 Å². The summed E-state index contributed by atoms with van der Waals surface area (Å²) in [7, 11) is -3.98. The zero-order valence-corrected chi connectivity index (χ0v) is 16.8. The number of fused-ring (bicyclic) bond motifs is 1. The summed E-state index contributed by atoms with van der Waals surface area (Å²) < 4.78 is 31.9. The first-order valence-corrected chi connectivity index (χ1v) is 11.0. The van der Waals surface area contributed by atoms with Gasteiger partial charge in [0.05, 0.1) is 10.2 Å². The molecule has 0 aliphatic heterocycles. The Labute approximate surface area is 164 Å². The van der Waals surface area contributed by atoms with Crippen LogP contribution in [0.3, 0.4) is 0 Å². The van der Waals surface area contributed by atoms with Crippen LogP contribution < -0.4 is 10.1 Å². The lowest BCUT2D eigenvalue weighted by molar-refractivity contribution is -0.115. The Hall–Kier alpha value is -2.79. The molecule has 148 valence electrons. The zero-order valence-electron chi connectivity index (χ0n) is 15.2. The maximum absolute atomic E-state index is 12.2. The highest BCUT2D eigenvalue weighted by Gasteiger charge is 2.21. The molecule has 1 N–H and O–H groups in total. The Balaban J connectivity index is 1.73. The standard InChI is InChI=1S/C17H18N4O5S2/c1-3-21-12-6-4-5-7-13(12)27-17(21)19-16(23)10-28(24,25)9-15(22)18-14-8-11(2)26-20-14/h4-8H,3,9-10H2,1-2H3,(H,18,20,22). The number of hydrogen-bond acceptors (Lipinski definition) is 7. The third-order valence-corrected chi connectivity index (χ3v) is 6.16. The van der Waals surface area contributed by atoms with Gasteiger partial charge in [-0.25, -0.2) is 8.42 Å².